The quantitative estimate of drug-likeness (QED) is 0.640. The zero-order chi connectivity index (χ0) is 20.3. The van der Waals surface area contributed by atoms with E-state index >= 15 is 0 Å². The number of aryl methyl sites for hydroxylation is 1. The second kappa shape index (κ2) is 8.26. The van der Waals surface area contributed by atoms with Crippen LogP contribution in [0, 0.1) is 13.8 Å². The predicted molar refractivity (Wildman–Crippen MR) is 105 cm³/mol. The molecule has 0 saturated heterocycles. The maximum atomic E-state index is 12.4. The zero-order valence-corrected chi connectivity index (χ0v) is 16.5. The van der Waals surface area contributed by atoms with Gasteiger partial charge in [0.25, 0.3) is 5.91 Å². The molecule has 1 aromatic carbocycles. The summed E-state index contributed by atoms with van der Waals surface area (Å²) >= 11 is 6.03. The molecule has 0 fully saturated rings. The Balaban J connectivity index is 1.69. The van der Waals surface area contributed by atoms with Gasteiger partial charge in [0.05, 0.1) is 16.9 Å². The maximum absolute atomic E-state index is 12.4. The summed E-state index contributed by atoms with van der Waals surface area (Å²) in [5.74, 6) is -1.02. The normalized spacial score (nSPS) is 10.7. The van der Waals surface area contributed by atoms with Gasteiger partial charge < -0.3 is 14.6 Å². The molecule has 0 aliphatic rings. The van der Waals surface area contributed by atoms with Crippen molar-refractivity contribution in [2.45, 2.75) is 27.3 Å². The van der Waals surface area contributed by atoms with Crippen LogP contribution < -0.4 is 5.32 Å². The number of carbonyl (C=O) groups is 2. The van der Waals surface area contributed by atoms with Crippen molar-refractivity contribution in [3.05, 3.63) is 58.9 Å². The van der Waals surface area contributed by atoms with Crippen molar-refractivity contribution in [2.24, 2.45) is 0 Å². The van der Waals surface area contributed by atoms with Gasteiger partial charge in [-0.1, -0.05) is 11.6 Å². The smallest absolute Gasteiger partial charge is 0.340 e. The molecule has 2 aromatic heterocycles. The summed E-state index contributed by atoms with van der Waals surface area (Å²) < 4.78 is 8.69. The topological polar surface area (TPSA) is 91.0 Å². The van der Waals surface area contributed by atoms with E-state index in [2.05, 4.69) is 15.4 Å². The number of esters is 1. The number of amides is 1. The standard InChI is InChI=1S/C19H20ClN5O3/c1-4-24-12(2)7-15(13(24)3)19(27)28-9-18(26)23-16-8-14(20)5-6-17(16)25-11-21-10-22-25/h5-8,10-11H,4,9H2,1-3H3,(H,23,26). The number of benzene rings is 1. The molecule has 0 spiro atoms. The van der Waals surface area contributed by atoms with E-state index in [0.717, 1.165) is 17.9 Å². The number of nitrogens with zero attached hydrogens (tertiary/aromatic N) is 4. The number of rotatable bonds is 6. The number of hydrogen-bond donors (Lipinski definition) is 1. The fourth-order valence-corrected chi connectivity index (χ4v) is 3.20. The lowest BCUT2D eigenvalue weighted by Crippen LogP contribution is -2.22. The van der Waals surface area contributed by atoms with E-state index in [9.17, 15) is 9.59 Å². The third kappa shape index (κ3) is 4.07. The molecule has 3 rings (SSSR count). The average Bonchev–Trinajstić information content (AvgIpc) is 3.28. The van der Waals surface area contributed by atoms with Crippen molar-refractivity contribution >= 4 is 29.2 Å². The molecule has 0 aliphatic heterocycles. The van der Waals surface area contributed by atoms with Crippen molar-refractivity contribution in [3.63, 3.8) is 0 Å². The Morgan fingerprint density at radius 3 is 2.68 bits per heavy atom. The third-order valence-electron chi connectivity index (χ3n) is 4.34. The van der Waals surface area contributed by atoms with Crippen LogP contribution in [0.25, 0.3) is 5.69 Å². The molecule has 0 radical (unpaired) electrons. The van der Waals surface area contributed by atoms with Gasteiger partial charge in [0.1, 0.15) is 12.7 Å². The van der Waals surface area contributed by atoms with Crippen LogP contribution >= 0.6 is 11.6 Å². The Hall–Kier alpha value is -3.13. The summed E-state index contributed by atoms with van der Waals surface area (Å²) in [6.45, 7) is 6.11. The zero-order valence-electron chi connectivity index (χ0n) is 15.8. The number of ether oxygens (including phenoxy) is 1. The summed E-state index contributed by atoms with van der Waals surface area (Å²) in [7, 11) is 0. The van der Waals surface area contributed by atoms with Gasteiger partial charge in [0.2, 0.25) is 0 Å². The molecule has 0 saturated carbocycles. The van der Waals surface area contributed by atoms with Crippen molar-refractivity contribution in [1.82, 2.24) is 19.3 Å². The minimum absolute atomic E-state index is 0.419. The highest BCUT2D eigenvalue weighted by molar-refractivity contribution is 6.31. The summed E-state index contributed by atoms with van der Waals surface area (Å²) in [5, 5.41) is 7.19. The first-order chi connectivity index (χ1) is 13.4. The van der Waals surface area contributed by atoms with E-state index < -0.39 is 18.5 Å². The fraction of sp³-hybridized carbons (Fsp3) is 0.263. The highest BCUT2D eigenvalue weighted by Gasteiger charge is 2.18. The van der Waals surface area contributed by atoms with Crippen LogP contribution in [0.5, 0.6) is 0 Å². The van der Waals surface area contributed by atoms with Crippen molar-refractivity contribution in [3.8, 4) is 5.69 Å². The SMILES string of the molecule is CCn1c(C)cc(C(=O)OCC(=O)Nc2cc(Cl)ccc2-n2cncn2)c1C. The van der Waals surface area contributed by atoms with Crippen LogP contribution in [0.3, 0.4) is 0 Å². The Bertz CT molecular complexity index is 1010. The molecule has 0 unspecified atom stereocenters. The summed E-state index contributed by atoms with van der Waals surface area (Å²) in [4.78, 5) is 28.6. The first kappa shape index (κ1) is 19.6. The highest BCUT2D eigenvalue weighted by atomic mass is 35.5. The Morgan fingerprint density at radius 2 is 2.04 bits per heavy atom. The number of nitrogens with one attached hydrogen (secondary N) is 1. The van der Waals surface area contributed by atoms with Gasteiger partial charge in [0, 0.05) is 23.0 Å². The Kier molecular flexibility index (Phi) is 5.79. The van der Waals surface area contributed by atoms with Gasteiger partial charge in [-0.2, -0.15) is 5.10 Å². The van der Waals surface area contributed by atoms with Crippen molar-refractivity contribution in [1.29, 1.82) is 0 Å². The second-order valence-electron chi connectivity index (χ2n) is 6.15. The number of hydrogen-bond acceptors (Lipinski definition) is 5. The molecular formula is C19H20ClN5O3. The van der Waals surface area contributed by atoms with Gasteiger partial charge in [-0.05, 0) is 45.0 Å². The summed E-state index contributed by atoms with van der Waals surface area (Å²) in [5.41, 5.74) is 3.26. The van der Waals surface area contributed by atoms with E-state index in [-0.39, 0.29) is 0 Å². The van der Waals surface area contributed by atoms with Crippen LogP contribution in [0.1, 0.15) is 28.7 Å². The largest absolute Gasteiger partial charge is 0.452 e. The molecule has 0 bridgehead atoms. The summed E-state index contributed by atoms with van der Waals surface area (Å²) in [6, 6.07) is 6.74. The van der Waals surface area contributed by atoms with Crippen LogP contribution in [-0.4, -0.2) is 37.8 Å². The summed E-state index contributed by atoms with van der Waals surface area (Å²) in [6.07, 6.45) is 2.89. The highest BCUT2D eigenvalue weighted by Crippen LogP contribution is 2.24. The van der Waals surface area contributed by atoms with E-state index in [1.54, 1.807) is 24.3 Å². The minimum Gasteiger partial charge on any atom is -0.452 e. The van der Waals surface area contributed by atoms with Gasteiger partial charge in [-0.15, -0.1) is 0 Å². The van der Waals surface area contributed by atoms with E-state index in [0.29, 0.717) is 22.0 Å². The molecular weight excluding hydrogens is 382 g/mol. The van der Waals surface area contributed by atoms with E-state index in [4.69, 9.17) is 16.3 Å². The van der Waals surface area contributed by atoms with E-state index in [1.165, 1.54) is 17.3 Å². The van der Waals surface area contributed by atoms with Crippen molar-refractivity contribution in [2.75, 3.05) is 11.9 Å². The Morgan fingerprint density at radius 1 is 1.25 bits per heavy atom. The molecule has 3 aromatic rings. The lowest BCUT2D eigenvalue weighted by atomic mass is 10.2. The predicted octanol–water partition coefficient (Wildman–Crippen LogP) is 3.15. The van der Waals surface area contributed by atoms with Crippen LogP contribution in [-0.2, 0) is 16.1 Å². The lowest BCUT2D eigenvalue weighted by Gasteiger charge is -2.11. The number of halogens is 1. The number of aromatic nitrogens is 4. The maximum Gasteiger partial charge on any atom is 0.340 e. The molecule has 28 heavy (non-hydrogen) atoms. The van der Waals surface area contributed by atoms with E-state index in [1.807, 2.05) is 25.3 Å². The van der Waals surface area contributed by atoms with Crippen LogP contribution in [0.2, 0.25) is 5.02 Å². The molecule has 8 nitrogen and oxygen atoms in total. The third-order valence-corrected chi connectivity index (χ3v) is 4.58. The Labute approximate surface area is 167 Å². The monoisotopic (exact) mass is 401 g/mol. The average molecular weight is 402 g/mol. The van der Waals surface area contributed by atoms with Gasteiger partial charge in [-0.3, -0.25) is 4.79 Å². The molecule has 0 atom stereocenters. The van der Waals surface area contributed by atoms with Crippen LogP contribution in [0.4, 0.5) is 5.69 Å². The number of anilines is 1. The second-order valence-corrected chi connectivity index (χ2v) is 6.59. The molecule has 2 heterocycles. The van der Waals surface area contributed by atoms with Gasteiger partial charge in [-0.25, -0.2) is 14.5 Å². The number of carbonyl (C=O) groups excluding carboxylic acids is 2. The molecule has 1 N–H and O–H groups in total. The first-order valence-electron chi connectivity index (χ1n) is 8.69. The van der Waals surface area contributed by atoms with Crippen molar-refractivity contribution < 1.29 is 14.3 Å². The van der Waals surface area contributed by atoms with Gasteiger partial charge >= 0.3 is 5.97 Å². The minimum atomic E-state index is -0.537. The van der Waals surface area contributed by atoms with Gasteiger partial charge in [0.15, 0.2) is 6.61 Å². The molecule has 9 heteroatoms. The first-order valence-corrected chi connectivity index (χ1v) is 9.06. The molecule has 1 amide bonds. The van der Waals surface area contributed by atoms with Crippen LogP contribution in [0.15, 0.2) is 36.9 Å². The molecule has 146 valence electrons. The lowest BCUT2D eigenvalue weighted by molar-refractivity contribution is -0.119. The fourth-order valence-electron chi connectivity index (χ4n) is 3.03. The molecule has 0 aliphatic carbocycles.